The van der Waals surface area contributed by atoms with Gasteiger partial charge in [-0.15, -0.1) is 0 Å². The largest absolute Gasteiger partial charge is 0.481 e. The second-order valence-corrected chi connectivity index (χ2v) is 7.35. The quantitative estimate of drug-likeness (QED) is 0.798. The molecular weight excluding hydrogens is 317 g/mol. The Morgan fingerprint density at radius 2 is 2.28 bits per heavy atom. The van der Waals surface area contributed by atoms with E-state index in [1.54, 1.807) is 0 Å². The van der Waals surface area contributed by atoms with Gasteiger partial charge in [-0.2, -0.15) is 5.10 Å². The molecule has 130 valence electrons. The molecule has 2 aromatic rings. The highest BCUT2D eigenvalue weighted by Gasteiger charge is 2.35. The Morgan fingerprint density at radius 1 is 1.48 bits per heavy atom. The summed E-state index contributed by atoms with van der Waals surface area (Å²) in [6, 6.07) is 2.14. The molecule has 0 radical (unpaired) electrons. The molecular formula is C18H22BN3O3. The van der Waals surface area contributed by atoms with E-state index >= 15 is 0 Å². The predicted octanol–water partition coefficient (Wildman–Crippen LogP) is 1.06. The van der Waals surface area contributed by atoms with Crippen molar-refractivity contribution >= 4 is 35.5 Å². The van der Waals surface area contributed by atoms with Crippen LogP contribution in [-0.4, -0.2) is 45.9 Å². The standard InChI is InChI=1S/C18H22BN3O3/c1-19-15-5-11-4-12(6-16(23)24)18(25)22(8-10-2-3-10)9-14(11)13-7-20-21-17(13)15/h5,7,10,12,19H,2-4,6,8-9H2,1H3,(H,20,21)(H,23,24)/t12-/m0/s1. The third-order valence-electron chi connectivity index (χ3n) is 5.48. The molecule has 1 amide bonds. The summed E-state index contributed by atoms with van der Waals surface area (Å²) in [5.74, 6) is -0.828. The number of nitrogens with zero attached hydrogens (tertiary/aromatic N) is 2. The molecule has 1 aliphatic carbocycles. The number of hydrogen-bond donors (Lipinski definition) is 2. The number of carboxylic acid groups (broad SMARTS) is 1. The Morgan fingerprint density at radius 3 is 2.96 bits per heavy atom. The molecule has 1 aromatic heterocycles. The molecule has 7 heteroatoms. The number of aromatic nitrogens is 2. The number of H-pyrrole nitrogens is 1. The van der Waals surface area contributed by atoms with Gasteiger partial charge in [0.15, 0.2) is 7.28 Å². The van der Waals surface area contributed by atoms with E-state index in [2.05, 4.69) is 23.1 Å². The van der Waals surface area contributed by atoms with Gasteiger partial charge in [0.1, 0.15) is 0 Å². The number of amides is 1. The molecule has 1 aromatic carbocycles. The van der Waals surface area contributed by atoms with Gasteiger partial charge < -0.3 is 10.0 Å². The third-order valence-corrected chi connectivity index (χ3v) is 5.48. The van der Waals surface area contributed by atoms with Crippen molar-refractivity contribution in [2.45, 2.75) is 39.1 Å². The lowest BCUT2D eigenvalue weighted by Gasteiger charge is -2.24. The van der Waals surface area contributed by atoms with Gasteiger partial charge in [-0.05, 0) is 36.3 Å². The molecule has 1 aliphatic heterocycles. The summed E-state index contributed by atoms with van der Waals surface area (Å²) < 4.78 is 0. The van der Waals surface area contributed by atoms with E-state index in [9.17, 15) is 14.7 Å². The number of carboxylic acids is 1. The van der Waals surface area contributed by atoms with Gasteiger partial charge in [-0.25, -0.2) is 0 Å². The van der Waals surface area contributed by atoms with Gasteiger partial charge in [0, 0.05) is 18.5 Å². The summed E-state index contributed by atoms with van der Waals surface area (Å²) in [4.78, 5) is 26.2. The molecule has 0 unspecified atom stereocenters. The van der Waals surface area contributed by atoms with Gasteiger partial charge in [0.2, 0.25) is 5.91 Å². The van der Waals surface area contributed by atoms with Crippen LogP contribution in [0.15, 0.2) is 12.3 Å². The number of carbonyl (C=O) groups is 2. The second kappa shape index (κ2) is 6.21. The van der Waals surface area contributed by atoms with Gasteiger partial charge in [0.25, 0.3) is 0 Å². The zero-order chi connectivity index (χ0) is 17.6. The van der Waals surface area contributed by atoms with E-state index in [1.165, 1.54) is 5.46 Å². The van der Waals surface area contributed by atoms with E-state index in [0.29, 0.717) is 18.9 Å². The monoisotopic (exact) mass is 339 g/mol. The van der Waals surface area contributed by atoms with Crippen LogP contribution in [-0.2, 0) is 22.6 Å². The van der Waals surface area contributed by atoms with Crippen LogP contribution in [0.25, 0.3) is 10.9 Å². The summed E-state index contributed by atoms with van der Waals surface area (Å²) in [6.45, 7) is 3.39. The molecule has 0 saturated heterocycles. The van der Waals surface area contributed by atoms with E-state index in [4.69, 9.17) is 0 Å². The number of benzene rings is 1. The fourth-order valence-corrected chi connectivity index (χ4v) is 3.97. The van der Waals surface area contributed by atoms with Crippen LogP contribution in [0.4, 0.5) is 0 Å². The first-order valence-electron chi connectivity index (χ1n) is 9.04. The fraction of sp³-hybridized carbons (Fsp3) is 0.500. The summed E-state index contributed by atoms with van der Waals surface area (Å²) in [5.41, 5.74) is 4.44. The molecule has 6 nitrogen and oxygen atoms in total. The smallest absolute Gasteiger partial charge is 0.304 e. The maximum Gasteiger partial charge on any atom is 0.304 e. The number of hydrogen-bond acceptors (Lipinski definition) is 3. The number of nitrogens with one attached hydrogen (secondary N) is 1. The number of aromatic amines is 1. The minimum absolute atomic E-state index is 0.0137. The molecule has 25 heavy (non-hydrogen) atoms. The minimum atomic E-state index is -0.909. The van der Waals surface area contributed by atoms with Crippen molar-refractivity contribution in [1.29, 1.82) is 0 Å². The zero-order valence-corrected chi connectivity index (χ0v) is 14.4. The van der Waals surface area contributed by atoms with Crippen LogP contribution in [0, 0.1) is 11.8 Å². The number of fused-ring (bicyclic) bond motifs is 3. The van der Waals surface area contributed by atoms with Crippen molar-refractivity contribution in [1.82, 2.24) is 15.1 Å². The zero-order valence-electron chi connectivity index (χ0n) is 14.4. The van der Waals surface area contributed by atoms with E-state index < -0.39 is 11.9 Å². The molecule has 0 bridgehead atoms. The van der Waals surface area contributed by atoms with E-state index in [1.807, 2.05) is 11.1 Å². The Hall–Kier alpha value is -2.31. The predicted molar refractivity (Wildman–Crippen MR) is 96.3 cm³/mol. The lowest BCUT2D eigenvalue weighted by atomic mass is 9.71. The second-order valence-electron chi connectivity index (χ2n) is 7.35. The number of carbonyl (C=O) groups excluding carboxylic acids is 1. The highest BCUT2D eigenvalue weighted by molar-refractivity contribution is 6.55. The van der Waals surface area contributed by atoms with Crippen LogP contribution in [0.1, 0.15) is 30.4 Å². The van der Waals surface area contributed by atoms with Gasteiger partial charge in [-0.1, -0.05) is 18.4 Å². The molecule has 2 aliphatic rings. The molecule has 2 heterocycles. The van der Waals surface area contributed by atoms with Crippen molar-refractivity contribution in [3.8, 4) is 0 Å². The average molecular weight is 339 g/mol. The highest BCUT2D eigenvalue weighted by Crippen LogP contribution is 2.34. The Bertz CT molecular complexity index is 843. The topological polar surface area (TPSA) is 86.3 Å². The van der Waals surface area contributed by atoms with Crippen LogP contribution >= 0.6 is 0 Å². The minimum Gasteiger partial charge on any atom is -0.481 e. The number of aliphatic carboxylic acids is 1. The molecule has 4 rings (SSSR count). The summed E-state index contributed by atoms with van der Waals surface area (Å²) in [5, 5.41) is 17.6. The third kappa shape index (κ3) is 3.03. The first kappa shape index (κ1) is 16.2. The highest BCUT2D eigenvalue weighted by atomic mass is 16.4. The lowest BCUT2D eigenvalue weighted by Crippen LogP contribution is -2.36. The summed E-state index contributed by atoms with van der Waals surface area (Å²) in [7, 11) is 0.870. The van der Waals surface area contributed by atoms with Crippen LogP contribution < -0.4 is 5.46 Å². The first-order valence-corrected chi connectivity index (χ1v) is 9.04. The van der Waals surface area contributed by atoms with E-state index in [-0.39, 0.29) is 12.3 Å². The average Bonchev–Trinajstić information content (AvgIpc) is 3.28. The SMILES string of the molecule is CBc1cc2c(c3cn[nH]c13)CN(CC1CC1)C(=O)[C@H](CC(=O)O)C2. The van der Waals surface area contributed by atoms with Crippen LogP contribution in [0.5, 0.6) is 0 Å². The normalized spacial score (nSPS) is 20.4. The van der Waals surface area contributed by atoms with Crippen molar-refractivity contribution in [2.24, 2.45) is 11.8 Å². The maximum atomic E-state index is 13.0. The van der Waals surface area contributed by atoms with Crippen molar-refractivity contribution in [3.63, 3.8) is 0 Å². The maximum absolute atomic E-state index is 13.0. The number of rotatable bonds is 5. The fourth-order valence-electron chi connectivity index (χ4n) is 3.97. The van der Waals surface area contributed by atoms with Crippen molar-refractivity contribution in [2.75, 3.05) is 6.54 Å². The van der Waals surface area contributed by atoms with Crippen molar-refractivity contribution in [3.05, 3.63) is 23.4 Å². The molecule has 1 saturated carbocycles. The van der Waals surface area contributed by atoms with Gasteiger partial charge in [-0.3, -0.25) is 14.7 Å². The van der Waals surface area contributed by atoms with Gasteiger partial charge >= 0.3 is 5.97 Å². The Balaban J connectivity index is 1.80. The Kier molecular flexibility index (Phi) is 4.02. The lowest BCUT2D eigenvalue weighted by molar-refractivity contribution is -0.144. The van der Waals surface area contributed by atoms with E-state index in [0.717, 1.165) is 48.7 Å². The van der Waals surface area contributed by atoms with Crippen molar-refractivity contribution < 1.29 is 14.7 Å². The van der Waals surface area contributed by atoms with Crippen LogP contribution in [0.3, 0.4) is 0 Å². The molecule has 0 spiro atoms. The molecule has 1 fully saturated rings. The summed E-state index contributed by atoms with van der Waals surface area (Å²) >= 11 is 0. The van der Waals surface area contributed by atoms with Crippen LogP contribution in [0.2, 0.25) is 6.82 Å². The Labute approximate surface area is 146 Å². The first-order chi connectivity index (χ1) is 12.1. The molecule has 1 atom stereocenters. The summed E-state index contributed by atoms with van der Waals surface area (Å²) in [6.07, 6.45) is 4.55. The molecule has 2 N–H and O–H groups in total. The van der Waals surface area contributed by atoms with Gasteiger partial charge in [0.05, 0.1) is 24.1 Å².